The maximum absolute atomic E-state index is 13.3. The van der Waals surface area contributed by atoms with Crippen molar-refractivity contribution in [3.05, 3.63) is 52.9 Å². The Morgan fingerprint density at radius 3 is 2.82 bits per heavy atom. The number of hydrogen-bond donors (Lipinski definition) is 2. The van der Waals surface area contributed by atoms with Crippen molar-refractivity contribution >= 4 is 5.91 Å². The zero-order valence-corrected chi connectivity index (χ0v) is 14.7. The van der Waals surface area contributed by atoms with Gasteiger partial charge < -0.3 is 15.7 Å². The minimum Gasteiger partial charge on any atom is -0.508 e. The van der Waals surface area contributed by atoms with Crippen LogP contribution in [0.25, 0.3) is 0 Å². The number of alkyl halides is 3. The lowest BCUT2D eigenvalue weighted by Gasteiger charge is -2.29. The van der Waals surface area contributed by atoms with Gasteiger partial charge in [0.05, 0.1) is 12.2 Å². The minimum atomic E-state index is -4.66. The van der Waals surface area contributed by atoms with Crippen molar-refractivity contribution in [2.75, 3.05) is 6.54 Å². The van der Waals surface area contributed by atoms with Gasteiger partial charge in [-0.1, -0.05) is 0 Å². The van der Waals surface area contributed by atoms with Gasteiger partial charge in [0.15, 0.2) is 0 Å². The van der Waals surface area contributed by atoms with Crippen LogP contribution in [0.15, 0.2) is 24.4 Å². The van der Waals surface area contributed by atoms with Crippen LogP contribution in [-0.2, 0) is 30.4 Å². The molecule has 3 rings (SSSR count). The van der Waals surface area contributed by atoms with Crippen LogP contribution in [0.5, 0.6) is 5.75 Å². The molecule has 3 N–H and O–H groups in total. The average Bonchev–Trinajstić information content (AvgIpc) is 2.63. The predicted molar refractivity (Wildman–Crippen MR) is 90.5 cm³/mol. The third kappa shape index (κ3) is 4.56. The average molecular weight is 398 g/mol. The fourth-order valence-corrected chi connectivity index (χ4v) is 3.08. The topological polar surface area (TPSA) is 92.3 Å². The number of aromatic nitrogens is 2. The quantitative estimate of drug-likeness (QED) is 0.771. The number of phenolic OH excluding ortho intramolecular Hbond substituents is 1. The normalized spacial score (nSPS) is 15.2. The first-order chi connectivity index (χ1) is 13.1. The first kappa shape index (κ1) is 20.0. The Morgan fingerprint density at radius 2 is 2.11 bits per heavy atom. The lowest BCUT2D eigenvalue weighted by Crippen LogP contribution is -2.40. The molecule has 0 fully saturated rings. The summed E-state index contributed by atoms with van der Waals surface area (Å²) in [5, 5.41) is 9.74. The fraction of sp³-hybridized carbons (Fsp3) is 0.389. The molecule has 1 atom stereocenters. The Kier molecular flexibility index (Phi) is 5.50. The van der Waals surface area contributed by atoms with Crippen LogP contribution in [-0.4, -0.2) is 38.5 Å². The number of phenols is 1. The maximum Gasteiger partial charge on any atom is 0.451 e. The van der Waals surface area contributed by atoms with Gasteiger partial charge in [-0.15, -0.1) is 0 Å². The highest BCUT2D eigenvalue weighted by molar-refractivity contribution is 5.77. The highest BCUT2D eigenvalue weighted by atomic mass is 19.4. The molecule has 1 amide bonds. The van der Waals surface area contributed by atoms with Gasteiger partial charge in [-0.2, -0.15) is 13.2 Å². The molecule has 0 saturated carbocycles. The van der Waals surface area contributed by atoms with Gasteiger partial charge in [-0.05, 0) is 42.2 Å². The largest absolute Gasteiger partial charge is 0.508 e. The minimum absolute atomic E-state index is 0.0578. The van der Waals surface area contributed by atoms with Crippen LogP contribution in [0.1, 0.15) is 29.1 Å². The smallest absolute Gasteiger partial charge is 0.451 e. The van der Waals surface area contributed by atoms with Crippen LogP contribution >= 0.6 is 0 Å². The number of aromatic hydroxyl groups is 1. The lowest BCUT2D eigenvalue weighted by molar-refractivity contribution is -0.145. The molecule has 1 aliphatic heterocycles. The Bertz CT molecular complexity index is 888. The summed E-state index contributed by atoms with van der Waals surface area (Å²) in [6.45, 7) is 0.260. The van der Waals surface area contributed by atoms with Gasteiger partial charge in [-0.3, -0.25) is 4.79 Å². The van der Waals surface area contributed by atoms with E-state index in [0.29, 0.717) is 18.5 Å². The lowest BCUT2D eigenvalue weighted by atomic mass is 10.0. The Balaban J connectivity index is 1.65. The van der Waals surface area contributed by atoms with Crippen LogP contribution in [0.2, 0.25) is 0 Å². The number of fused-ring (bicyclic) bond motifs is 1. The molecule has 0 saturated heterocycles. The number of nitrogens with zero attached hydrogens (tertiary/aromatic N) is 3. The van der Waals surface area contributed by atoms with Crippen molar-refractivity contribution in [2.45, 2.75) is 38.0 Å². The van der Waals surface area contributed by atoms with E-state index in [1.807, 2.05) is 0 Å². The van der Waals surface area contributed by atoms with Gasteiger partial charge in [0, 0.05) is 25.2 Å². The molecule has 0 bridgehead atoms. The van der Waals surface area contributed by atoms with E-state index in [0.717, 1.165) is 18.3 Å². The zero-order valence-electron chi connectivity index (χ0n) is 14.7. The van der Waals surface area contributed by atoms with Crippen LogP contribution in [0.3, 0.4) is 0 Å². The molecule has 2 aromatic rings. The summed E-state index contributed by atoms with van der Waals surface area (Å²) >= 11 is 0. The van der Waals surface area contributed by atoms with Crippen molar-refractivity contribution in [1.82, 2.24) is 14.9 Å². The molecular weight excluding hydrogens is 380 g/mol. The number of hydrogen-bond acceptors (Lipinski definition) is 5. The molecule has 150 valence electrons. The summed E-state index contributed by atoms with van der Waals surface area (Å²) in [7, 11) is 0. The van der Waals surface area contributed by atoms with E-state index in [9.17, 15) is 27.5 Å². The number of nitrogens with two attached hydrogens (primary N) is 1. The van der Waals surface area contributed by atoms with E-state index >= 15 is 0 Å². The molecular formula is C18H18F4N4O2. The van der Waals surface area contributed by atoms with Gasteiger partial charge in [0.25, 0.3) is 0 Å². The highest BCUT2D eigenvalue weighted by Crippen LogP contribution is 2.28. The first-order valence-corrected chi connectivity index (χ1v) is 8.56. The summed E-state index contributed by atoms with van der Waals surface area (Å²) in [5.41, 5.74) is 6.98. The molecule has 6 nitrogen and oxygen atoms in total. The van der Waals surface area contributed by atoms with E-state index in [4.69, 9.17) is 5.73 Å². The Morgan fingerprint density at radius 1 is 1.36 bits per heavy atom. The van der Waals surface area contributed by atoms with Crippen molar-refractivity contribution in [3.8, 4) is 5.75 Å². The van der Waals surface area contributed by atoms with Gasteiger partial charge >= 0.3 is 6.18 Å². The van der Waals surface area contributed by atoms with Gasteiger partial charge in [-0.25, -0.2) is 14.4 Å². The van der Waals surface area contributed by atoms with Crippen LogP contribution in [0.4, 0.5) is 17.6 Å². The summed E-state index contributed by atoms with van der Waals surface area (Å²) in [6, 6.07) is 2.78. The Hall–Kier alpha value is -2.75. The number of amides is 1. The molecule has 0 spiro atoms. The van der Waals surface area contributed by atoms with E-state index < -0.39 is 23.9 Å². The van der Waals surface area contributed by atoms with E-state index in [1.165, 1.54) is 11.0 Å². The van der Waals surface area contributed by atoms with Gasteiger partial charge in [0.1, 0.15) is 11.6 Å². The van der Waals surface area contributed by atoms with E-state index in [-0.39, 0.29) is 42.3 Å². The molecule has 0 aliphatic carbocycles. The van der Waals surface area contributed by atoms with Crippen LogP contribution < -0.4 is 5.73 Å². The molecule has 10 heteroatoms. The molecule has 1 aliphatic rings. The third-order valence-electron chi connectivity index (χ3n) is 4.51. The molecule has 2 heterocycles. The predicted octanol–water partition coefficient (Wildman–Crippen LogP) is 2.18. The first-order valence-electron chi connectivity index (χ1n) is 8.56. The van der Waals surface area contributed by atoms with Crippen molar-refractivity contribution < 1.29 is 27.5 Å². The zero-order chi connectivity index (χ0) is 20.5. The Labute approximate surface area is 158 Å². The van der Waals surface area contributed by atoms with Crippen molar-refractivity contribution in [1.29, 1.82) is 0 Å². The molecule has 1 aromatic heterocycles. The third-order valence-corrected chi connectivity index (χ3v) is 4.51. The van der Waals surface area contributed by atoms with Crippen LogP contribution in [0, 0.1) is 5.82 Å². The second kappa shape index (κ2) is 7.70. The number of carbonyl (C=O) groups excluding carboxylic acids is 1. The summed E-state index contributed by atoms with van der Waals surface area (Å²) in [6.07, 6.45) is -3.18. The van der Waals surface area contributed by atoms with Crippen molar-refractivity contribution in [2.24, 2.45) is 5.73 Å². The molecule has 1 unspecified atom stereocenters. The monoisotopic (exact) mass is 398 g/mol. The fourth-order valence-electron chi connectivity index (χ4n) is 3.08. The molecule has 0 radical (unpaired) electrons. The molecule has 1 aromatic carbocycles. The summed E-state index contributed by atoms with van der Waals surface area (Å²) < 4.78 is 51.6. The SMILES string of the molecule is NC(CC(=O)N1CCc2cnc(C(F)(F)F)nc2C1)Cc1cc(F)ccc1O. The number of rotatable bonds is 4. The number of halogens is 4. The second-order valence-corrected chi connectivity index (χ2v) is 6.67. The van der Waals surface area contributed by atoms with Gasteiger partial charge in [0.2, 0.25) is 11.7 Å². The van der Waals surface area contributed by atoms with E-state index in [2.05, 4.69) is 9.97 Å². The van der Waals surface area contributed by atoms with Crippen molar-refractivity contribution in [3.63, 3.8) is 0 Å². The molecule has 28 heavy (non-hydrogen) atoms. The van der Waals surface area contributed by atoms with E-state index in [1.54, 1.807) is 0 Å². The second-order valence-electron chi connectivity index (χ2n) is 6.67. The highest BCUT2D eigenvalue weighted by Gasteiger charge is 2.36. The summed E-state index contributed by atoms with van der Waals surface area (Å²) in [5.74, 6) is -2.23. The summed E-state index contributed by atoms with van der Waals surface area (Å²) in [4.78, 5) is 20.8. The standard InChI is InChI=1S/C18H18F4N4O2/c19-12-1-2-15(27)11(5-12)6-13(23)7-16(28)26-4-3-10-8-24-17(18(20,21)22)25-14(10)9-26/h1-2,5,8,13,27H,3-4,6-7,9,23H2. The number of carbonyl (C=O) groups is 1. The maximum atomic E-state index is 13.3. The number of benzene rings is 1.